The van der Waals surface area contributed by atoms with E-state index in [0.717, 1.165) is 11.1 Å². The number of hydrogen-bond donors (Lipinski definition) is 2. The Morgan fingerprint density at radius 1 is 1.18 bits per heavy atom. The van der Waals surface area contributed by atoms with Crippen LogP contribution in [0.25, 0.3) is 0 Å². The van der Waals surface area contributed by atoms with Crippen LogP contribution in [0.2, 0.25) is 0 Å². The maximum atomic E-state index is 11.2. The average molecular weight is 303 g/mol. The number of benzene rings is 1. The van der Waals surface area contributed by atoms with Crippen LogP contribution in [0, 0.1) is 6.92 Å². The molecule has 1 atom stereocenters. The molecule has 7 heteroatoms. The summed E-state index contributed by atoms with van der Waals surface area (Å²) in [5, 5.41) is 25.5. The number of carbonyl (C=O) groups is 2. The molecule has 0 aliphatic carbocycles. The van der Waals surface area contributed by atoms with Gasteiger partial charge in [0, 0.05) is 0 Å². The summed E-state index contributed by atoms with van der Waals surface area (Å²) in [5.74, 6) is -2.29. The van der Waals surface area contributed by atoms with Crippen LogP contribution in [0.15, 0.2) is 24.3 Å². The van der Waals surface area contributed by atoms with Crippen LogP contribution in [-0.4, -0.2) is 37.1 Å². The van der Waals surface area contributed by atoms with Gasteiger partial charge in [0.25, 0.3) is 0 Å². The Hall–Kier alpha value is -2.70. The fourth-order valence-electron chi connectivity index (χ4n) is 2.15. The first-order valence-electron chi connectivity index (χ1n) is 6.86. The summed E-state index contributed by atoms with van der Waals surface area (Å²) in [5.41, 5.74) is 2.31. The highest BCUT2D eigenvalue weighted by atomic mass is 16.4. The van der Waals surface area contributed by atoms with E-state index in [1.807, 2.05) is 31.2 Å². The number of carboxylic acids is 2. The molecule has 116 valence electrons. The second-order valence-electron chi connectivity index (χ2n) is 5.13. The van der Waals surface area contributed by atoms with Crippen molar-refractivity contribution in [3.8, 4) is 0 Å². The second kappa shape index (κ2) is 6.38. The summed E-state index contributed by atoms with van der Waals surface area (Å²) in [6, 6.07) is 6.91. The zero-order valence-corrected chi connectivity index (χ0v) is 12.4. The number of hydrogen-bond acceptors (Lipinski definition) is 4. The van der Waals surface area contributed by atoms with Crippen molar-refractivity contribution in [3.05, 3.63) is 46.8 Å². The molecule has 0 bridgehead atoms. The Morgan fingerprint density at radius 3 is 2.36 bits per heavy atom. The molecule has 0 amide bonds. The van der Waals surface area contributed by atoms with E-state index in [-0.39, 0.29) is 5.69 Å². The van der Waals surface area contributed by atoms with Gasteiger partial charge in [0.2, 0.25) is 0 Å². The van der Waals surface area contributed by atoms with Gasteiger partial charge in [-0.2, -0.15) is 0 Å². The molecule has 0 saturated heterocycles. The lowest BCUT2D eigenvalue weighted by molar-refractivity contribution is -0.140. The topological polar surface area (TPSA) is 105 Å². The van der Waals surface area contributed by atoms with E-state index in [2.05, 4.69) is 10.3 Å². The van der Waals surface area contributed by atoms with E-state index in [1.165, 1.54) is 11.6 Å². The van der Waals surface area contributed by atoms with Gasteiger partial charge < -0.3 is 10.2 Å². The van der Waals surface area contributed by atoms with Crippen molar-refractivity contribution < 1.29 is 19.8 Å². The number of aryl methyl sites for hydroxylation is 2. The summed E-state index contributed by atoms with van der Waals surface area (Å²) in [7, 11) is 0. The Labute approximate surface area is 127 Å². The zero-order chi connectivity index (χ0) is 16.3. The van der Waals surface area contributed by atoms with Crippen molar-refractivity contribution in [2.75, 3.05) is 0 Å². The first-order chi connectivity index (χ1) is 10.4. The van der Waals surface area contributed by atoms with Gasteiger partial charge in [0.1, 0.15) is 6.04 Å². The molecule has 0 aliphatic heterocycles. The highest BCUT2D eigenvalue weighted by Crippen LogP contribution is 2.16. The number of aromatic carboxylic acids is 1. The van der Waals surface area contributed by atoms with Crippen LogP contribution < -0.4 is 0 Å². The quantitative estimate of drug-likeness (QED) is 0.841. The Kier molecular flexibility index (Phi) is 4.55. The standard InChI is InChI=1S/C15H17N3O4/c1-9-3-5-11(6-4-9)7-8-12-13(15(21)22)16-17-18(12)10(2)14(19)20/h3-6,10H,7-8H2,1-2H3,(H,19,20)(H,21,22). The lowest BCUT2D eigenvalue weighted by Crippen LogP contribution is -2.20. The number of nitrogens with zero attached hydrogens (tertiary/aromatic N) is 3. The molecule has 1 aromatic heterocycles. The van der Waals surface area contributed by atoms with Gasteiger partial charge in [-0.05, 0) is 32.3 Å². The van der Waals surface area contributed by atoms with Crippen molar-refractivity contribution in [2.45, 2.75) is 32.7 Å². The van der Waals surface area contributed by atoms with E-state index >= 15 is 0 Å². The van der Waals surface area contributed by atoms with Crippen molar-refractivity contribution >= 4 is 11.9 Å². The minimum atomic E-state index is -1.21. The monoisotopic (exact) mass is 303 g/mol. The molecule has 1 unspecified atom stereocenters. The van der Waals surface area contributed by atoms with Crippen molar-refractivity contribution in [1.29, 1.82) is 0 Å². The predicted octanol–water partition coefficient (Wildman–Crippen LogP) is 1.72. The number of rotatable bonds is 6. The van der Waals surface area contributed by atoms with E-state index in [1.54, 1.807) is 0 Å². The van der Waals surface area contributed by atoms with Crippen LogP contribution >= 0.6 is 0 Å². The van der Waals surface area contributed by atoms with Crippen LogP contribution in [0.4, 0.5) is 0 Å². The fraction of sp³-hybridized carbons (Fsp3) is 0.333. The summed E-state index contributed by atoms with van der Waals surface area (Å²) < 4.78 is 1.17. The van der Waals surface area contributed by atoms with Crippen LogP contribution in [0.3, 0.4) is 0 Å². The molecule has 0 fully saturated rings. The lowest BCUT2D eigenvalue weighted by atomic mass is 10.1. The summed E-state index contributed by atoms with van der Waals surface area (Å²) in [6.07, 6.45) is 0.940. The Morgan fingerprint density at radius 2 is 1.82 bits per heavy atom. The molecule has 0 radical (unpaired) electrons. The van der Waals surface area contributed by atoms with Crippen molar-refractivity contribution in [2.24, 2.45) is 0 Å². The molecule has 2 rings (SSSR count). The Bertz CT molecular complexity index is 691. The second-order valence-corrected chi connectivity index (χ2v) is 5.13. The summed E-state index contributed by atoms with van der Waals surface area (Å²) >= 11 is 0. The molecule has 1 aromatic carbocycles. The minimum Gasteiger partial charge on any atom is -0.480 e. The largest absolute Gasteiger partial charge is 0.480 e. The van der Waals surface area contributed by atoms with E-state index in [9.17, 15) is 9.59 Å². The van der Waals surface area contributed by atoms with Crippen LogP contribution in [0.1, 0.15) is 40.3 Å². The molecule has 0 saturated carbocycles. The lowest BCUT2D eigenvalue weighted by Gasteiger charge is -2.11. The van der Waals surface area contributed by atoms with Gasteiger partial charge in [0.15, 0.2) is 5.69 Å². The highest BCUT2D eigenvalue weighted by molar-refractivity contribution is 5.86. The third kappa shape index (κ3) is 3.30. The van der Waals surface area contributed by atoms with E-state index in [0.29, 0.717) is 18.5 Å². The smallest absolute Gasteiger partial charge is 0.358 e. The molecule has 0 aliphatic rings. The van der Waals surface area contributed by atoms with Crippen LogP contribution in [0.5, 0.6) is 0 Å². The van der Waals surface area contributed by atoms with Gasteiger partial charge in [-0.1, -0.05) is 35.0 Å². The first kappa shape index (κ1) is 15.7. The third-order valence-corrected chi connectivity index (χ3v) is 3.49. The first-order valence-corrected chi connectivity index (χ1v) is 6.86. The number of aromatic nitrogens is 3. The maximum Gasteiger partial charge on any atom is 0.358 e. The van der Waals surface area contributed by atoms with Crippen LogP contribution in [-0.2, 0) is 17.6 Å². The molecule has 1 heterocycles. The number of aliphatic carboxylic acids is 1. The molecule has 22 heavy (non-hydrogen) atoms. The SMILES string of the molecule is Cc1ccc(CCc2c(C(=O)O)nnn2C(C)C(=O)O)cc1. The third-order valence-electron chi connectivity index (χ3n) is 3.49. The molecular weight excluding hydrogens is 286 g/mol. The Balaban J connectivity index is 2.27. The predicted molar refractivity (Wildman–Crippen MR) is 77.9 cm³/mol. The van der Waals surface area contributed by atoms with E-state index < -0.39 is 18.0 Å². The molecule has 7 nitrogen and oxygen atoms in total. The van der Waals surface area contributed by atoms with Gasteiger partial charge in [0.05, 0.1) is 5.69 Å². The molecule has 2 aromatic rings. The molecular formula is C15H17N3O4. The molecule has 0 spiro atoms. The van der Waals surface area contributed by atoms with Gasteiger partial charge in [-0.25, -0.2) is 14.3 Å². The van der Waals surface area contributed by atoms with Crippen molar-refractivity contribution in [3.63, 3.8) is 0 Å². The van der Waals surface area contributed by atoms with Gasteiger partial charge in [-0.15, -0.1) is 5.10 Å². The minimum absolute atomic E-state index is 0.194. The fourth-order valence-corrected chi connectivity index (χ4v) is 2.15. The normalized spacial score (nSPS) is 12.1. The zero-order valence-electron chi connectivity index (χ0n) is 12.4. The summed E-state index contributed by atoms with van der Waals surface area (Å²) in [4.78, 5) is 22.3. The highest BCUT2D eigenvalue weighted by Gasteiger charge is 2.24. The van der Waals surface area contributed by atoms with E-state index in [4.69, 9.17) is 10.2 Å². The van der Waals surface area contributed by atoms with Gasteiger partial charge >= 0.3 is 11.9 Å². The number of carboxylic acid groups (broad SMARTS) is 2. The molecule has 2 N–H and O–H groups in total. The van der Waals surface area contributed by atoms with Gasteiger partial charge in [-0.3, -0.25) is 0 Å². The van der Waals surface area contributed by atoms with Crippen molar-refractivity contribution in [1.82, 2.24) is 15.0 Å². The maximum absolute atomic E-state index is 11.2. The summed E-state index contributed by atoms with van der Waals surface area (Å²) in [6.45, 7) is 3.43. The average Bonchev–Trinajstić information content (AvgIpc) is 2.89.